The minimum absolute atomic E-state index is 0.00690. The van der Waals surface area contributed by atoms with Gasteiger partial charge in [0, 0.05) is 62.1 Å². The molecule has 13 heteroatoms. The van der Waals surface area contributed by atoms with Crippen LogP contribution in [0, 0.1) is 11.3 Å². The number of hydrogen-bond acceptors (Lipinski definition) is 10. The van der Waals surface area contributed by atoms with E-state index in [4.69, 9.17) is 9.47 Å². The minimum Gasteiger partial charge on any atom is -0.378 e. The van der Waals surface area contributed by atoms with E-state index in [-0.39, 0.29) is 23.9 Å². The molecule has 2 N–H and O–H groups in total. The standard InChI is InChI=1S/C37H45N9O4/c1-25(39-24-26(2)46-11-3-4-31(46)23-38)22-37(36-40-42-43-41-36)32-9-7-29(34(47)44-12-16-49-17-13-44)20-27(32)5-6-28-21-30(8-10-33(28)37)35(48)45-14-18-50-19-15-45/h7-10,20-21,25,31,39H,2-6,11-19,22,24H2,1H3,(H,40,41,42,43)/t25-,31?/m1/s1. The zero-order valence-corrected chi connectivity index (χ0v) is 28.7. The maximum absolute atomic E-state index is 13.7. The Morgan fingerprint density at radius 2 is 1.56 bits per heavy atom. The van der Waals surface area contributed by atoms with Crippen molar-refractivity contribution in [3.8, 4) is 6.07 Å². The van der Waals surface area contributed by atoms with Gasteiger partial charge in [0.1, 0.15) is 6.04 Å². The van der Waals surface area contributed by atoms with E-state index >= 15 is 0 Å². The molecule has 0 saturated carbocycles. The number of ether oxygens (including phenoxy) is 2. The first-order valence-electron chi connectivity index (χ1n) is 17.7. The van der Waals surface area contributed by atoms with Gasteiger partial charge in [-0.15, -0.1) is 10.2 Å². The van der Waals surface area contributed by atoms with E-state index in [9.17, 15) is 14.9 Å². The lowest BCUT2D eigenvalue weighted by atomic mass is 9.67. The van der Waals surface area contributed by atoms with E-state index in [1.165, 1.54) is 0 Å². The third-order valence-corrected chi connectivity index (χ3v) is 10.7. The molecule has 50 heavy (non-hydrogen) atoms. The smallest absolute Gasteiger partial charge is 0.254 e. The Labute approximate surface area is 292 Å². The topological polar surface area (TPSA) is 153 Å². The van der Waals surface area contributed by atoms with E-state index < -0.39 is 5.41 Å². The Bertz CT molecular complexity index is 1680. The van der Waals surface area contributed by atoms with Crippen LogP contribution in [-0.4, -0.2) is 125 Å². The summed E-state index contributed by atoms with van der Waals surface area (Å²) in [6.07, 6.45) is 3.74. The number of nitriles is 1. The summed E-state index contributed by atoms with van der Waals surface area (Å²) in [4.78, 5) is 33.1. The molecule has 4 aliphatic rings. The van der Waals surface area contributed by atoms with Gasteiger partial charge in [0.2, 0.25) is 0 Å². The van der Waals surface area contributed by atoms with Gasteiger partial charge in [0.05, 0.1) is 37.9 Å². The number of likely N-dealkylation sites (tertiary alicyclic amines) is 1. The average molecular weight is 680 g/mol. The van der Waals surface area contributed by atoms with Gasteiger partial charge >= 0.3 is 0 Å². The number of H-pyrrole nitrogens is 1. The number of nitrogens with zero attached hydrogens (tertiary/aromatic N) is 7. The molecule has 0 radical (unpaired) electrons. The van der Waals surface area contributed by atoms with Crippen molar-refractivity contribution in [2.45, 2.75) is 56.5 Å². The maximum Gasteiger partial charge on any atom is 0.254 e. The van der Waals surface area contributed by atoms with Gasteiger partial charge in [-0.05, 0) is 85.5 Å². The van der Waals surface area contributed by atoms with Crippen molar-refractivity contribution in [2.75, 3.05) is 65.7 Å². The molecule has 1 aliphatic carbocycles. The zero-order valence-electron chi connectivity index (χ0n) is 28.7. The number of hydrogen-bond donors (Lipinski definition) is 2. The van der Waals surface area contributed by atoms with Crippen LogP contribution in [0.4, 0.5) is 0 Å². The summed E-state index contributed by atoms with van der Waals surface area (Å²) >= 11 is 0. The van der Waals surface area contributed by atoms with Gasteiger partial charge in [0.15, 0.2) is 5.82 Å². The molecule has 13 nitrogen and oxygen atoms in total. The number of aromatic amines is 1. The molecule has 1 aromatic heterocycles. The second-order valence-electron chi connectivity index (χ2n) is 13.7. The van der Waals surface area contributed by atoms with Crippen LogP contribution in [0.5, 0.6) is 0 Å². The molecule has 7 rings (SSSR count). The summed E-state index contributed by atoms with van der Waals surface area (Å²) in [6.45, 7) is 12.2. The number of nitrogens with one attached hydrogen (secondary N) is 2. The molecule has 3 aromatic rings. The monoisotopic (exact) mass is 679 g/mol. The summed E-state index contributed by atoms with van der Waals surface area (Å²) < 4.78 is 11.0. The van der Waals surface area contributed by atoms with Gasteiger partial charge in [0.25, 0.3) is 11.8 Å². The summed E-state index contributed by atoms with van der Waals surface area (Å²) in [6, 6.07) is 14.2. The van der Waals surface area contributed by atoms with Crippen molar-refractivity contribution in [3.05, 3.63) is 87.9 Å². The van der Waals surface area contributed by atoms with E-state index in [0.29, 0.717) is 95.4 Å². The first kappa shape index (κ1) is 33.8. The van der Waals surface area contributed by atoms with Crippen molar-refractivity contribution in [2.24, 2.45) is 0 Å². The fraction of sp³-hybridized carbons (Fsp3) is 0.514. The Morgan fingerprint density at radius 1 is 0.980 bits per heavy atom. The third-order valence-electron chi connectivity index (χ3n) is 10.7. The van der Waals surface area contributed by atoms with Crippen LogP contribution in [0.25, 0.3) is 0 Å². The number of amides is 2. The minimum atomic E-state index is -0.855. The van der Waals surface area contributed by atoms with Crippen molar-refractivity contribution in [3.63, 3.8) is 0 Å². The highest BCUT2D eigenvalue weighted by molar-refractivity contribution is 5.95. The number of fused-ring (bicyclic) bond motifs is 2. The zero-order chi connectivity index (χ0) is 34.7. The number of aryl methyl sites for hydroxylation is 2. The highest BCUT2D eigenvalue weighted by Gasteiger charge is 2.46. The molecule has 2 aromatic carbocycles. The van der Waals surface area contributed by atoms with Crippen LogP contribution >= 0.6 is 0 Å². The fourth-order valence-electron chi connectivity index (χ4n) is 8.11. The molecule has 3 saturated heterocycles. The maximum atomic E-state index is 13.7. The van der Waals surface area contributed by atoms with E-state index in [0.717, 1.165) is 47.3 Å². The lowest BCUT2D eigenvalue weighted by molar-refractivity contribution is 0.0301. The number of carbonyl (C=O) groups is 2. The summed E-state index contributed by atoms with van der Waals surface area (Å²) in [5, 5.41) is 29.3. The van der Waals surface area contributed by atoms with Crippen molar-refractivity contribution < 1.29 is 19.1 Å². The van der Waals surface area contributed by atoms with Crippen molar-refractivity contribution in [1.29, 1.82) is 5.26 Å². The van der Waals surface area contributed by atoms with Gasteiger partial charge in [-0.2, -0.15) is 10.5 Å². The molecule has 4 heterocycles. The lowest BCUT2D eigenvalue weighted by Gasteiger charge is -2.37. The van der Waals surface area contributed by atoms with Crippen LogP contribution < -0.4 is 5.32 Å². The molecule has 2 atom stereocenters. The number of morpholine rings is 2. The van der Waals surface area contributed by atoms with E-state index in [1.807, 2.05) is 34.1 Å². The van der Waals surface area contributed by atoms with Gasteiger partial charge in [-0.1, -0.05) is 23.9 Å². The van der Waals surface area contributed by atoms with Crippen molar-refractivity contribution >= 4 is 11.8 Å². The number of rotatable bonds is 9. The largest absolute Gasteiger partial charge is 0.378 e. The molecule has 0 spiro atoms. The highest BCUT2D eigenvalue weighted by atomic mass is 16.5. The Balaban J connectivity index is 1.28. The van der Waals surface area contributed by atoms with E-state index in [2.05, 4.69) is 62.5 Å². The Hall–Kier alpha value is -4.64. The summed E-state index contributed by atoms with van der Waals surface area (Å²) in [7, 11) is 0. The molecular formula is C37H45N9O4. The number of aromatic nitrogens is 4. The highest BCUT2D eigenvalue weighted by Crippen LogP contribution is 2.47. The first-order chi connectivity index (χ1) is 24.4. The predicted molar refractivity (Wildman–Crippen MR) is 184 cm³/mol. The molecule has 3 aliphatic heterocycles. The first-order valence-corrected chi connectivity index (χ1v) is 17.7. The van der Waals surface area contributed by atoms with Crippen molar-refractivity contribution in [1.82, 2.24) is 40.6 Å². The van der Waals surface area contributed by atoms with Gasteiger partial charge in [-0.3, -0.25) is 9.59 Å². The number of carbonyl (C=O) groups excluding carboxylic acids is 2. The van der Waals surface area contributed by atoms with Gasteiger partial charge in [-0.25, -0.2) is 0 Å². The van der Waals surface area contributed by atoms with Crippen LogP contribution in [0.15, 0.2) is 48.7 Å². The molecule has 1 unspecified atom stereocenters. The average Bonchev–Trinajstić information content (AvgIpc) is 3.87. The van der Waals surface area contributed by atoms with Gasteiger partial charge < -0.3 is 29.5 Å². The molecule has 0 bridgehead atoms. The predicted octanol–water partition coefficient (Wildman–Crippen LogP) is 2.45. The van der Waals surface area contributed by atoms with Crippen LogP contribution in [0.1, 0.15) is 75.0 Å². The van der Waals surface area contributed by atoms with Crippen LogP contribution in [-0.2, 0) is 27.7 Å². The number of benzene rings is 2. The summed E-state index contributed by atoms with van der Waals surface area (Å²) in [5.41, 5.74) is 5.43. The summed E-state index contributed by atoms with van der Waals surface area (Å²) in [5.74, 6) is 0.512. The van der Waals surface area contributed by atoms with Crippen LogP contribution in [0.2, 0.25) is 0 Å². The molecule has 2 amide bonds. The second kappa shape index (κ2) is 14.7. The fourth-order valence-corrected chi connectivity index (χ4v) is 8.11. The lowest BCUT2D eigenvalue weighted by Crippen LogP contribution is -2.42. The molecular weight excluding hydrogens is 634 g/mol. The normalized spacial score (nSPS) is 20.7. The van der Waals surface area contributed by atoms with Crippen LogP contribution in [0.3, 0.4) is 0 Å². The Kier molecular flexibility index (Phi) is 9.94. The number of tetrazole rings is 1. The quantitative estimate of drug-likeness (QED) is 0.345. The molecule has 262 valence electrons. The second-order valence-corrected chi connectivity index (χ2v) is 13.7. The third kappa shape index (κ3) is 6.51. The van der Waals surface area contributed by atoms with E-state index in [1.54, 1.807) is 0 Å². The Morgan fingerprint density at radius 3 is 2.08 bits per heavy atom. The SMILES string of the molecule is C=C(CN[C@H](C)CC1(c2nn[nH]n2)c2ccc(C(=O)N3CCOCC3)cc2CCc2cc(C(=O)N3CCOCC3)ccc21)N1CCCC1C#N. The molecule has 3 fully saturated rings.